The van der Waals surface area contributed by atoms with E-state index in [1.807, 2.05) is 31.2 Å². The van der Waals surface area contributed by atoms with Crippen LogP contribution in [-0.2, 0) is 24.7 Å². The zero-order valence-electron chi connectivity index (χ0n) is 18.2. The van der Waals surface area contributed by atoms with Gasteiger partial charge in [0.1, 0.15) is 0 Å². The van der Waals surface area contributed by atoms with Gasteiger partial charge in [0.15, 0.2) is 5.69 Å². The van der Waals surface area contributed by atoms with Crippen molar-refractivity contribution in [2.75, 3.05) is 5.32 Å². The first-order valence-corrected chi connectivity index (χ1v) is 10.4. The Morgan fingerprint density at radius 3 is 2.55 bits per heavy atom. The number of carbonyl (C=O) groups is 1. The van der Waals surface area contributed by atoms with Crippen molar-refractivity contribution < 1.29 is 9.32 Å². The number of benzene rings is 2. The lowest BCUT2D eigenvalue weighted by Gasteiger charge is -2.08. The van der Waals surface area contributed by atoms with Gasteiger partial charge in [0.2, 0.25) is 17.6 Å². The smallest absolute Gasteiger partial charge is 0.339 e. The minimum Gasteiger partial charge on any atom is -0.339 e. The Balaban J connectivity index is 1.53. The van der Waals surface area contributed by atoms with E-state index in [0.717, 1.165) is 26.9 Å². The van der Waals surface area contributed by atoms with Crippen LogP contribution in [0.5, 0.6) is 0 Å². The number of para-hydroxylation sites is 2. The van der Waals surface area contributed by atoms with Crippen LogP contribution >= 0.6 is 0 Å². The predicted molar refractivity (Wildman–Crippen MR) is 121 cm³/mol. The first-order chi connectivity index (χ1) is 16.0. The average molecular weight is 446 g/mol. The van der Waals surface area contributed by atoms with Crippen LogP contribution < -0.4 is 16.6 Å². The van der Waals surface area contributed by atoms with Gasteiger partial charge >= 0.3 is 5.69 Å². The van der Waals surface area contributed by atoms with E-state index in [-0.39, 0.29) is 36.2 Å². The Hall–Kier alpha value is -4.34. The van der Waals surface area contributed by atoms with E-state index in [1.165, 1.54) is 7.05 Å². The molecule has 2 aromatic heterocycles. The van der Waals surface area contributed by atoms with E-state index < -0.39 is 11.2 Å². The molecule has 0 radical (unpaired) electrons. The van der Waals surface area contributed by atoms with Crippen LogP contribution in [-0.4, -0.2) is 30.4 Å². The second-order valence-electron chi connectivity index (χ2n) is 7.31. The summed E-state index contributed by atoms with van der Waals surface area (Å²) >= 11 is 0. The molecule has 0 saturated heterocycles. The van der Waals surface area contributed by atoms with E-state index in [1.54, 1.807) is 30.3 Å². The van der Waals surface area contributed by atoms with Crippen LogP contribution in [0.3, 0.4) is 0 Å². The van der Waals surface area contributed by atoms with Crippen molar-refractivity contribution in [1.29, 1.82) is 0 Å². The molecule has 1 N–H and O–H groups in total. The number of aromatic nitrogens is 5. The molecule has 0 aliphatic heterocycles. The van der Waals surface area contributed by atoms with Crippen molar-refractivity contribution in [1.82, 2.24) is 24.5 Å². The van der Waals surface area contributed by atoms with Crippen LogP contribution in [0.25, 0.3) is 17.2 Å². The van der Waals surface area contributed by atoms with Gasteiger partial charge in [0.05, 0.1) is 5.69 Å². The molecule has 33 heavy (non-hydrogen) atoms. The fourth-order valence-corrected chi connectivity index (χ4v) is 3.29. The predicted octanol–water partition coefficient (Wildman–Crippen LogP) is 2.11. The van der Waals surface area contributed by atoms with Crippen molar-refractivity contribution in [3.63, 3.8) is 0 Å². The summed E-state index contributed by atoms with van der Waals surface area (Å²) < 4.78 is 7.26. The Bertz CT molecular complexity index is 1400. The summed E-state index contributed by atoms with van der Waals surface area (Å²) in [6.07, 6.45) is 1.11. The highest BCUT2D eigenvalue weighted by atomic mass is 16.5. The van der Waals surface area contributed by atoms with Crippen molar-refractivity contribution in [3.8, 4) is 17.2 Å². The Morgan fingerprint density at radius 1 is 1.06 bits per heavy atom. The zero-order chi connectivity index (χ0) is 23.4. The topological polar surface area (TPSA) is 125 Å². The van der Waals surface area contributed by atoms with Crippen LogP contribution in [0.1, 0.15) is 24.8 Å². The largest absolute Gasteiger partial charge is 0.351 e. The number of nitrogens with zero attached hydrogens (tertiary/aromatic N) is 5. The highest BCUT2D eigenvalue weighted by Gasteiger charge is 2.19. The van der Waals surface area contributed by atoms with E-state index in [2.05, 4.69) is 20.6 Å². The number of anilines is 1. The number of nitrogens with one attached hydrogen (secondary N) is 1. The molecule has 10 heteroatoms. The van der Waals surface area contributed by atoms with Gasteiger partial charge < -0.3 is 9.84 Å². The number of hydrogen-bond donors (Lipinski definition) is 1. The first-order valence-electron chi connectivity index (χ1n) is 10.4. The van der Waals surface area contributed by atoms with E-state index >= 15 is 0 Å². The van der Waals surface area contributed by atoms with Crippen molar-refractivity contribution in [2.24, 2.45) is 7.05 Å². The lowest BCUT2D eigenvalue weighted by atomic mass is 10.1. The molecule has 0 saturated carbocycles. The summed E-state index contributed by atoms with van der Waals surface area (Å²) in [5.41, 5.74) is 0.939. The molecule has 2 aromatic carbocycles. The monoisotopic (exact) mass is 446 g/mol. The Kier molecular flexibility index (Phi) is 6.25. The molecule has 0 aliphatic rings. The van der Waals surface area contributed by atoms with Crippen molar-refractivity contribution in [2.45, 2.75) is 26.2 Å². The lowest BCUT2D eigenvalue weighted by Crippen LogP contribution is -2.40. The quantitative estimate of drug-likeness (QED) is 0.461. The summed E-state index contributed by atoms with van der Waals surface area (Å²) in [5.74, 6) is -0.0559. The summed E-state index contributed by atoms with van der Waals surface area (Å²) in [6.45, 7) is 2.02. The number of amides is 1. The van der Waals surface area contributed by atoms with Crippen LogP contribution in [0.4, 0.5) is 5.69 Å². The molecule has 0 aliphatic carbocycles. The van der Waals surface area contributed by atoms with Gasteiger partial charge in [-0.25, -0.2) is 4.79 Å². The highest BCUT2D eigenvalue weighted by molar-refractivity contribution is 5.91. The van der Waals surface area contributed by atoms with Gasteiger partial charge in [-0.2, -0.15) is 14.8 Å². The summed E-state index contributed by atoms with van der Waals surface area (Å²) in [5, 5.41) is 10.9. The van der Waals surface area contributed by atoms with Gasteiger partial charge in [0.25, 0.3) is 5.56 Å². The molecule has 0 spiro atoms. The molecule has 168 valence electrons. The third kappa shape index (κ3) is 4.64. The zero-order valence-corrected chi connectivity index (χ0v) is 18.2. The molecule has 4 aromatic rings. The molecular weight excluding hydrogens is 424 g/mol. The summed E-state index contributed by atoms with van der Waals surface area (Å²) in [4.78, 5) is 41.7. The van der Waals surface area contributed by atoms with E-state index in [0.29, 0.717) is 5.69 Å². The Labute approximate surface area is 188 Å². The van der Waals surface area contributed by atoms with Crippen LogP contribution in [0, 0.1) is 0 Å². The summed E-state index contributed by atoms with van der Waals surface area (Å²) in [7, 11) is 1.36. The second kappa shape index (κ2) is 9.43. The van der Waals surface area contributed by atoms with Gasteiger partial charge in [-0.15, -0.1) is 0 Å². The first kappa shape index (κ1) is 21.9. The van der Waals surface area contributed by atoms with Crippen molar-refractivity contribution >= 4 is 11.6 Å². The number of rotatable bonds is 7. The minimum atomic E-state index is -0.645. The molecule has 10 nitrogen and oxygen atoms in total. The molecule has 0 atom stereocenters. The number of aryl methyl sites for hydroxylation is 2. The van der Waals surface area contributed by atoms with E-state index in [9.17, 15) is 14.4 Å². The normalized spacial score (nSPS) is 10.8. The molecule has 0 fully saturated rings. The molecule has 2 heterocycles. The standard InChI is InChI=1S/C23H22N6O4/c1-3-15-9-7-8-12-17(15)24-18(30)13-14-19-25-21(27-33-19)20-22(31)28(2)23(32)29(26-20)16-10-5-4-6-11-16/h4-12H,3,13-14H2,1-2H3,(H,24,30). The maximum absolute atomic E-state index is 12.6. The lowest BCUT2D eigenvalue weighted by molar-refractivity contribution is -0.116. The molecular formula is C23H22N6O4. The molecule has 0 unspecified atom stereocenters. The van der Waals surface area contributed by atoms with Crippen LogP contribution in [0.15, 0.2) is 68.7 Å². The Morgan fingerprint density at radius 2 is 1.79 bits per heavy atom. The SMILES string of the molecule is CCc1ccccc1NC(=O)CCc1nc(-c2nn(-c3ccccc3)c(=O)n(C)c2=O)no1. The fraction of sp³-hybridized carbons (Fsp3) is 0.217. The van der Waals surface area contributed by atoms with Crippen molar-refractivity contribution in [3.05, 3.63) is 86.9 Å². The van der Waals surface area contributed by atoms with Crippen LogP contribution in [0.2, 0.25) is 0 Å². The molecule has 0 bridgehead atoms. The highest BCUT2D eigenvalue weighted by Crippen LogP contribution is 2.16. The average Bonchev–Trinajstić information content (AvgIpc) is 3.31. The van der Waals surface area contributed by atoms with Gasteiger partial charge in [-0.05, 0) is 30.2 Å². The third-order valence-corrected chi connectivity index (χ3v) is 5.09. The third-order valence-electron chi connectivity index (χ3n) is 5.09. The van der Waals surface area contributed by atoms with E-state index in [4.69, 9.17) is 4.52 Å². The molecule has 1 amide bonds. The fourth-order valence-electron chi connectivity index (χ4n) is 3.29. The maximum Gasteiger partial charge on any atom is 0.351 e. The number of hydrogen-bond acceptors (Lipinski definition) is 7. The molecule has 4 rings (SSSR count). The minimum absolute atomic E-state index is 0.0491. The van der Waals surface area contributed by atoms with Gasteiger partial charge in [-0.3, -0.25) is 14.2 Å². The maximum atomic E-state index is 12.6. The summed E-state index contributed by atoms with van der Waals surface area (Å²) in [6, 6.07) is 16.3. The van der Waals surface area contributed by atoms with Gasteiger partial charge in [-0.1, -0.05) is 48.5 Å². The van der Waals surface area contributed by atoms with Gasteiger partial charge in [0, 0.05) is 25.6 Å². The second-order valence-corrected chi connectivity index (χ2v) is 7.31. The number of carbonyl (C=O) groups excluding carboxylic acids is 1.